The molecule has 1 saturated heterocycles. The van der Waals surface area contributed by atoms with Gasteiger partial charge < -0.3 is 19.7 Å². The molecule has 1 aromatic rings. The standard InChI is InChI=1S/C17H24F3N3O2.HI/c1-21-16(23(2)10-14-7-8-24-11-14)22-9-13-3-5-15(6-4-13)25-12-17(18,19)20;/h3-6,14H,7-12H2,1-2H3,(H,21,22);1H. The van der Waals surface area contributed by atoms with Crippen molar-refractivity contribution in [2.45, 2.75) is 19.1 Å². The number of guanidine groups is 1. The number of hydrogen-bond acceptors (Lipinski definition) is 3. The van der Waals surface area contributed by atoms with Crippen LogP contribution >= 0.6 is 24.0 Å². The lowest BCUT2D eigenvalue weighted by Crippen LogP contribution is -2.41. The summed E-state index contributed by atoms with van der Waals surface area (Å²) >= 11 is 0. The molecule has 1 atom stereocenters. The van der Waals surface area contributed by atoms with Crippen molar-refractivity contribution >= 4 is 29.9 Å². The quantitative estimate of drug-likeness (QED) is 0.380. The highest BCUT2D eigenvalue weighted by atomic mass is 127. The van der Waals surface area contributed by atoms with E-state index in [2.05, 4.69) is 15.2 Å². The van der Waals surface area contributed by atoms with E-state index in [1.807, 2.05) is 7.05 Å². The van der Waals surface area contributed by atoms with E-state index in [9.17, 15) is 13.2 Å². The van der Waals surface area contributed by atoms with Gasteiger partial charge in [0.15, 0.2) is 12.6 Å². The second-order valence-corrected chi connectivity index (χ2v) is 6.06. The molecule has 0 spiro atoms. The van der Waals surface area contributed by atoms with Crippen LogP contribution in [0.3, 0.4) is 0 Å². The van der Waals surface area contributed by atoms with Crippen LogP contribution in [-0.2, 0) is 11.3 Å². The summed E-state index contributed by atoms with van der Waals surface area (Å²) in [5, 5.41) is 3.25. The largest absolute Gasteiger partial charge is 0.484 e. The van der Waals surface area contributed by atoms with Gasteiger partial charge in [-0.05, 0) is 24.1 Å². The zero-order valence-corrected chi connectivity index (χ0v) is 17.2. The molecule has 0 amide bonds. The third-order valence-corrected chi connectivity index (χ3v) is 3.91. The summed E-state index contributed by atoms with van der Waals surface area (Å²) in [7, 11) is 3.69. The topological polar surface area (TPSA) is 46.1 Å². The van der Waals surface area contributed by atoms with Gasteiger partial charge in [0.25, 0.3) is 0 Å². The number of rotatable bonds is 6. The Kier molecular flexibility index (Phi) is 9.48. The minimum atomic E-state index is -4.33. The molecule has 0 aromatic heterocycles. The van der Waals surface area contributed by atoms with E-state index < -0.39 is 12.8 Å². The number of alkyl halides is 3. The van der Waals surface area contributed by atoms with Crippen LogP contribution in [0.1, 0.15) is 12.0 Å². The van der Waals surface area contributed by atoms with Crippen molar-refractivity contribution in [3.8, 4) is 5.75 Å². The molecule has 1 heterocycles. The number of aliphatic imine (C=N–C) groups is 1. The second-order valence-electron chi connectivity index (χ2n) is 6.06. The van der Waals surface area contributed by atoms with Crippen LogP contribution in [0, 0.1) is 5.92 Å². The number of hydrogen-bond donors (Lipinski definition) is 1. The minimum absolute atomic E-state index is 0. The summed E-state index contributed by atoms with van der Waals surface area (Å²) in [6, 6.07) is 6.53. The van der Waals surface area contributed by atoms with Crippen molar-refractivity contribution in [1.82, 2.24) is 10.2 Å². The van der Waals surface area contributed by atoms with Crippen molar-refractivity contribution in [3.05, 3.63) is 29.8 Å². The van der Waals surface area contributed by atoms with E-state index >= 15 is 0 Å². The highest BCUT2D eigenvalue weighted by Gasteiger charge is 2.28. The Morgan fingerprint density at radius 2 is 2.04 bits per heavy atom. The molecule has 148 valence electrons. The first-order chi connectivity index (χ1) is 11.9. The molecule has 0 bridgehead atoms. The lowest BCUT2D eigenvalue weighted by Gasteiger charge is -2.24. The summed E-state index contributed by atoms with van der Waals surface area (Å²) in [4.78, 5) is 6.32. The smallest absolute Gasteiger partial charge is 0.422 e. The maximum Gasteiger partial charge on any atom is 0.422 e. The summed E-state index contributed by atoms with van der Waals surface area (Å²) in [6.07, 6.45) is -3.28. The van der Waals surface area contributed by atoms with Gasteiger partial charge >= 0.3 is 6.18 Å². The van der Waals surface area contributed by atoms with E-state index in [1.165, 1.54) is 12.1 Å². The Labute approximate surface area is 169 Å². The summed E-state index contributed by atoms with van der Waals surface area (Å²) in [5.41, 5.74) is 0.929. The average Bonchev–Trinajstić information content (AvgIpc) is 3.07. The highest BCUT2D eigenvalue weighted by Crippen LogP contribution is 2.19. The van der Waals surface area contributed by atoms with Crippen LogP contribution in [0.25, 0.3) is 0 Å². The first-order valence-corrected chi connectivity index (χ1v) is 8.15. The van der Waals surface area contributed by atoms with Crippen molar-refractivity contribution in [2.75, 3.05) is 40.5 Å². The van der Waals surface area contributed by atoms with Gasteiger partial charge in [-0.1, -0.05) is 12.1 Å². The van der Waals surface area contributed by atoms with Crippen molar-refractivity contribution in [2.24, 2.45) is 10.9 Å². The molecule has 1 aromatic carbocycles. The Hall–Kier alpha value is -1.23. The molecule has 0 aliphatic carbocycles. The van der Waals surface area contributed by atoms with Crippen LogP contribution in [0.2, 0.25) is 0 Å². The molecule has 1 unspecified atom stereocenters. The van der Waals surface area contributed by atoms with Gasteiger partial charge in [-0.3, -0.25) is 4.99 Å². The van der Waals surface area contributed by atoms with Crippen LogP contribution in [0.5, 0.6) is 5.75 Å². The van der Waals surface area contributed by atoms with E-state index in [1.54, 1.807) is 19.2 Å². The SMILES string of the molecule is CN=C(NCc1ccc(OCC(F)(F)F)cc1)N(C)CC1CCOC1.I. The number of nitrogens with one attached hydrogen (secondary N) is 1. The average molecular weight is 487 g/mol. The van der Waals surface area contributed by atoms with E-state index in [0.29, 0.717) is 12.5 Å². The Morgan fingerprint density at radius 1 is 1.35 bits per heavy atom. The predicted octanol–water partition coefficient (Wildman–Crippen LogP) is 3.29. The van der Waals surface area contributed by atoms with Gasteiger partial charge in [-0.25, -0.2) is 0 Å². The fraction of sp³-hybridized carbons (Fsp3) is 0.588. The molecular weight excluding hydrogens is 462 g/mol. The van der Waals surface area contributed by atoms with Gasteiger partial charge in [0.2, 0.25) is 0 Å². The normalized spacial score (nSPS) is 17.6. The Morgan fingerprint density at radius 3 is 2.58 bits per heavy atom. The molecular formula is C17H25F3IN3O2. The molecule has 26 heavy (non-hydrogen) atoms. The molecule has 9 heteroatoms. The van der Waals surface area contributed by atoms with E-state index in [-0.39, 0.29) is 29.7 Å². The van der Waals surface area contributed by atoms with Crippen molar-refractivity contribution < 1.29 is 22.6 Å². The van der Waals surface area contributed by atoms with Gasteiger partial charge in [-0.15, -0.1) is 24.0 Å². The molecule has 0 radical (unpaired) electrons. The van der Waals surface area contributed by atoms with Crippen LogP contribution in [0.4, 0.5) is 13.2 Å². The van der Waals surface area contributed by atoms with Crippen molar-refractivity contribution in [1.29, 1.82) is 0 Å². The van der Waals surface area contributed by atoms with Gasteiger partial charge in [0, 0.05) is 39.7 Å². The number of benzene rings is 1. The van der Waals surface area contributed by atoms with Crippen LogP contribution in [0.15, 0.2) is 29.3 Å². The Balaban J connectivity index is 0.00000338. The monoisotopic (exact) mass is 487 g/mol. The summed E-state index contributed by atoms with van der Waals surface area (Å²) in [6.45, 7) is 1.70. The fourth-order valence-corrected chi connectivity index (χ4v) is 2.64. The molecule has 0 saturated carbocycles. The molecule has 1 aliphatic heterocycles. The Bertz CT molecular complexity index is 561. The third kappa shape index (κ3) is 7.98. The minimum Gasteiger partial charge on any atom is -0.484 e. The van der Waals surface area contributed by atoms with Crippen LogP contribution in [-0.4, -0.2) is 57.5 Å². The maximum atomic E-state index is 12.1. The molecule has 1 fully saturated rings. The van der Waals surface area contributed by atoms with E-state index in [4.69, 9.17) is 9.47 Å². The maximum absolute atomic E-state index is 12.1. The molecule has 1 N–H and O–H groups in total. The third-order valence-electron chi connectivity index (χ3n) is 3.91. The zero-order valence-electron chi connectivity index (χ0n) is 14.9. The summed E-state index contributed by atoms with van der Waals surface area (Å²) < 4.78 is 46.5. The predicted molar refractivity (Wildman–Crippen MR) is 105 cm³/mol. The number of ether oxygens (including phenoxy) is 2. The van der Waals surface area contributed by atoms with Gasteiger partial charge in [0.1, 0.15) is 5.75 Å². The molecule has 5 nitrogen and oxygen atoms in total. The van der Waals surface area contributed by atoms with Crippen molar-refractivity contribution in [3.63, 3.8) is 0 Å². The second kappa shape index (κ2) is 10.8. The molecule has 2 rings (SSSR count). The summed E-state index contributed by atoms with van der Waals surface area (Å²) in [5.74, 6) is 1.47. The number of halogens is 4. The van der Waals surface area contributed by atoms with E-state index in [0.717, 1.165) is 37.7 Å². The molecule has 1 aliphatic rings. The first-order valence-electron chi connectivity index (χ1n) is 8.15. The van der Waals surface area contributed by atoms with Gasteiger partial charge in [0.05, 0.1) is 6.61 Å². The fourth-order valence-electron chi connectivity index (χ4n) is 2.64. The first kappa shape index (κ1) is 22.8. The number of nitrogens with zero attached hydrogens (tertiary/aromatic N) is 2. The van der Waals surface area contributed by atoms with Crippen LogP contribution < -0.4 is 10.1 Å². The lowest BCUT2D eigenvalue weighted by molar-refractivity contribution is -0.153. The zero-order chi connectivity index (χ0) is 18.3. The van der Waals surface area contributed by atoms with Gasteiger partial charge in [-0.2, -0.15) is 13.2 Å². The highest BCUT2D eigenvalue weighted by molar-refractivity contribution is 14.0. The lowest BCUT2D eigenvalue weighted by atomic mass is 10.1.